The fourth-order valence-electron chi connectivity index (χ4n) is 3.94. The van der Waals surface area contributed by atoms with Gasteiger partial charge in [-0.2, -0.15) is 0 Å². The Morgan fingerprint density at radius 2 is 2.00 bits per heavy atom. The first-order chi connectivity index (χ1) is 9.33. The van der Waals surface area contributed by atoms with Crippen LogP contribution in [0.5, 0.6) is 0 Å². The van der Waals surface area contributed by atoms with Crippen molar-refractivity contribution in [1.82, 2.24) is 14.5 Å². The van der Waals surface area contributed by atoms with Gasteiger partial charge < -0.3 is 9.47 Å². The summed E-state index contributed by atoms with van der Waals surface area (Å²) in [6.45, 7) is 3.86. The second-order valence-corrected chi connectivity index (χ2v) is 6.50. The van der Waals surface area contributed by atoms with E-state index in [0.717, 1.165) is 5.92 Å². The number of rotatable bonds is 3. The lowest BCUT2D eigenvalue weighted by Crippen LogP contribution is -2.38. The molecule has 2 aliphatic rings. The van der Waals surface area contributed by atoms with Crippen LogP contribution in [-0.4, -0.2) is 34.1 Å². The summed E-state index contributed by atoms with van der Waals surface area (Å²) in [5.41, 5.74) is 0. The molecule has 19 heavy (non-hydrogen) atoms. The summed E-state index contributed by atoms with van der Waals surface area (Å²) in [6, 6.07) is 0. The first-order valence-electron chi connectivity index (χ1n) is 8.02. The Kier molecular flexibility index (Phi) is 4.21. The molecule has 1 saturated heterocycles. The number of hydrogen-bond acceptors (Lipinski definition) is 2. The van der Waals surface area contributed by atoms with E-state index in [1.165, 1.54) is 70.4 Å². The van der Waals surface area contributed by atoms with Gasteiger partial charge >= 0.3 is 0 Å². The molecule has 0 bridgehead atoms. The largest absolute Gasteiger partial charge is 0.338 e. The first kappa shape index (κ1) is 13.2. The normalized spacial score (nSPS) is 26.7. The molecule has 3 rings (SSSR count). The van der Waals surface area contributed by atoms with Crippen molar-refractivity contribution in [2.24, 2.45) is 13.0 Å². The minimum atomic E-state index is 0.650. The van der Waals surface area contributed by atoms with Gasteiger partial charge in [-0.3, -0.25) is 0 Å². The van der Waals surface area contributed by atoms with E-state index in [4.69, 9.17) is 0 Å². The highest BCUT2D eigenvalue weighted by Gasteiger charge is 2.26. The average molecular weight is 261 g/mol. The minimum Gasteiger partial charge on any atom is -0.338 e. The molecule has 1 aliphatic carbocycles. The van der Waals surface area contributed by atoms with Crippen molar-refractivity contribution in [3.63, 3.8) is 0 Å². The van der Waals surface area contributed by atoms with Gasteiger partial charge in [-0.05, 0) is 38.1 Å². The average Bonchev–Trinajstić information content (AvgIpc) is 2.86. The maximum absolute atomic E-state index is 4.56. The third-order valence-corrected chi connectivity index (χ3v) is 4.97. The zero-order chi connectivity index (χ0) is 13.1. The van der Waals surface area contributed by atoms with Gasteiger partial charge in [-0.25, -0.2) is 4.98 Å². The van der Waals surface area contributed by atoms with Crippen LogP contribution in [0, 0.1) is 5.92 Å². The van der Waals surface area contributed by atoms with Crippen LogP contribution in [0.2, 0.25) is 0 Å². The van der Waals surface area contributed by atoms with Gasteiger partial charge in [0.15, 0.2) is 0 Å². The standard InChI is InChI=1S/C16H27N3/c1-18-11-9-17-16(18)15-8-5-10-19(13-15)12-14-6-3-2-4-7-14/h9,11,14-15H,2-8,10,12-13H2,1H3. The van der Waals surface area contributed by atoms with Gasteiger partial charge in [-0.15, -0.1) is 0 Å². The van der Waals surface area contributed by atoms with Gasteiger partial charge in [0.1, 0.15) is 5.82 Å². The van der Waals surface area contributed by atoms with Gasteiger partial charge in [-0.1, -0.05) is 19.3 Å². The summed E-state index contributed by atoms with van der Waals surface area (Å²) in [4.78, 5) is 7.26. The molecule has 0 N–H and O–H groups in total. The molecule has 1 aromatic heterocycles. The predicted molar refractivity (Wildman–Crippen MR) is 78.2 cm³/mol. The Morgan fingerprint density at radius 3 is 2.74 bits per heavy atom. The fraction of sp³-hybridized carbons (Fsp3) is 0.812. The van der Waals surface area contributed by atoms with Gasteiger partial charge in [0.25, 0.3) is 0 Å². The SMILES string of the molecule is Cn1ccnc1C1CCCN(CC2CCCCC2)C1. The van der Waals surface area contributed by atoms with Gasteiger partial charge in [0, 0.05) is 38.4 Å². The van der Waals surface area contributed by atoms with E-state index in [1.54, 1.807) is 0 Å². The molecule has 1 atom stereocenters. The highest BCUT2D eigenvalue weighted by Crippen LogP contribution is 2.29. The minimum absolute atomic E-state index is 0.650. The summed E-state index contributed by atoms with van der Waals surface area (Å²) in [7, 11) is 2.13. The number of imidazole rings is 1. The Morgan fingerprint density at radius 1 is 1.16 bits per heavy atom. The smallest absolute Gasteiger partial charge is 0.112 e. The van der Waals surface area contributed by atoms with Crippen molar-refractivity contribution < 1.29 is 0 Å². The second-order valence-electron chi connectivity index (χ2n) is 6.50. The highest BCUT2D eigenvalue weighted by atomic mass is 15.1. The van der Waals surface area contributed by atoms with E-state index in [1.807, 2.05) is 6.20 Å². The number of likely N-dealkylation sites (tertiary alicyclic amines) is 1. The van der Waals surface area contributed by atoms with Crippen molar-refractivity contribution in [2.75, 3.05) is 19.6 Å². The van der Waals surface area contributed by atoms with Crippen molar-refractivity contribution in [1.29, 1.82) is 0 Å². The summed E-state index contributed by atoms with van der Waals surface area (Å²) in [5.74, 6) is 2.90. The molecular weight excluding hydrogens is 234 g/mol. The lowest BCUT2D eigenvalue weighted by atomic mass is 9.88. The number of aromatic nitrogens is 2. The maximum Gasteiger partial charge on any atom is 0.112 e. The predicted octanol–water partition coefficient (Wildman–Crippen LogP) is 3.18. The molecule has 1 aromatic rings. The Labute approximate surface area is 117 Å². The summed E-state index contributed by atoms with van der Waals surface area (Å²) < 4.78 is 2.20. The van der Waals surface area contributed by atoms with Crippen LogP contribution in [-0.2, 0) is 7.05 Å². The van der Waals surface area contributed by atoms with E-state index < -0.39 is 0 Å². The number of aryl methyl sites for hydroxylation is 1. The molecule has 1 aliphatic heterocycles. The lowest BCUT2D eigenvalue weighted by molar-refractivity contribution is 0.157. The second kappa shape index (κ2) is 6.08. The van der Waals surface area contributed by atoms with Crippen molar-refractivity contribution in [3.05, 3.63) is 18.2 Å². The molecular formula is C16H27N3. The molecule has 0 aromatic carbocycles. The van der Waals surface area contributed by atoms with Crippen LogP contribution in [0.1, 0.15) is 56.7 Å². The molecule has 0 amide bonds. The summed E-state index contributed by atoms with van der Waals surface area (Å²) >= 11 is 0. The van der Waals surface area contributed by atoms with Crippen LogP contribution >= 0.6 is 0 Å². The van der Waals surface area contributed by atoms with E-state index in [-0.39, 0.29) is 0 Å². The molecule has 106 valence electrons. The summed E-state index contributed by atoms with van der Waals surface area (Å²) in [5, 5.41) is 0. The third kappa shape index (κ3) is 3.19. The monoisotopic (exact) mass is 261 g/mol. The molecule has 2 fully saturated rings. The molecule has 0 spiro atoms. The molecule has 2 heterocycles. The van der Waals surface area contributed by atoms with Crippen LogP contribution in [0.3, 0.4) is 0 Å². The zero-order valence-corrected chi connectivity index (χ0v) is 12.2. The Hall–Kier alpha value is -0.830. The van der Waals surface area contributed by atoms with E-state index in [0.29, 0.717) is 5.92 Å². The summed E-state index contributed by atoms with van der Waals surface area (Å²) in [6.07, 6.45) is 14.0. The van der Waals surface area contributed by atoms with E-state index in [9.17, 15) is 0 Å². The van der Waals surface area contributed by atoms with Crippen LogP contribution in [0.25, 0.3) is 0 Å². The molecule has 0 radical (unpaired) electrons. The highest BCUT2D eigenvalue weighted by molar-refractivity contribution is 5.02. The van der Waals surface area contributed by atoms with Crippen molar-refractivity contribution in [3.8, 4) is 0 Å². The maximum atomic E-state index is 4.56. The van der Waals surface area contributed by atoms with Crippen LogP contribution in [0.15, 0.2) is 12.4 Å². The number of hydrogen-bond donors (Lipinski definition) is 0. The quantitative estimate of drug-likeness (QED) is 0.833. The third-order valence-electron chi connectivity index (χ3n) is 4.97. The van der Waals surface area contributed by atoms with E-state index >= 15 is 0 Å². The van der Waals surface area contributed by atoms with Crippen molar-refractivity contribution >= 4 is 0 Å². The van der Waals surface area contributed by atoms with Gasteiger partial charge in [0.2, 0.25) is 0 Å². The zero-order valence-electron chi connectivity index (χ0n) is 12.2. The number of piperidine rings is 1. The Bertz CT molecular complexity index is 392. The first-order valence-corrected chi connectivity index (χ1v) is 8.02. The molecule has 3 nitrogen and oxygen atoms in total. The molecule has 3 heteroatoms. The van der Waals surface area contributed by atoms with Crippen LogP contribution < -0.4 is 0 Å². The van der Waals surface area contributed by atoms with Gasteiger partial charge in [0.05, 0.1) is 0 Å². The molecule has 1 saturated carbocycles. The van der Waals surface area contributed by atoms with E-state index in [2.05, 4.69) is 27.7 Å². The van der Waals surface area contributed by atoms with Crippen LogP contribution in [0.4, 0.5) is 0 Å². The molecule has 1 unspecified atom stereocenters. The van der Waals surface area contributed by atoms with Crippen molar-refractivity contribution in [2.45, 2.75) is 50.9 Å². The number of nitrogens with zero attached hydrogens (tertiary/aromatic N) is 3. The topological polar surface area (TPSA) is 21.1 Å². The Balaban J connectivity index is 1.57. The lowest BCUT2D eigenvalue weighted by Gasteiger charge is -2.35. The fourth-order valence-corrected chi connectivity index (χ4v) is 3.94.